The average Bonchev–Trinajstić information content (AvgIpc) is 2.69. The van der Waals surface area contributed by atoms with Gasteiger partial charge in [0, 0.05) is 18.9 Å². The number of nitrogens with two attached hydrogens (primary N) is 1. The zero-order valence-electron chi connectivity index (χ0n) is 10.4. The van der Waals surface area contributed by atoms with Gasteiger partial charge in [0.2, 0.25) is 0 Å². The van der Waals surface area contributed by atoms with Gasteiger partial charge in [-0.2, -0.15) is 5.10 Å². The van der Waals surface area contributed by atoms with Crippen LogP contribution < -0.4 is 5.73 Å². The monoisotopic (exact) mass is 310 g/mol. The van der Waals surface area contributed by atoms with Crippen LogP contribution in [0.5, 0.6) is 0 Å². The van der Waals surface area contributed by atoms with Crippen LogP contribution in [0.4, 0.5) is 5.82 Å². The number of rotatable bonds is 4. The molecule has 0 aliphatic heterocycles. The van der Waals surface area contributed by atoms with Gasteiger partial charge >= 0.3 is 0 Å². The first-order chi connectivity index (χ1) is 8.65. The topological polar surface area (TPSA) is 66.0 Å². The van der Waals surface area contributed by atoms with Crippen LogP contribution in [0.1, 0.15) is 5.56 Å². The van der Waals surface area contributed by atoms with Crippen molar-refractivity contribution >= 4 is 21.7 Å². The minimum absolute atomic E-state index is 0.509. The van der Waals surface area contributed by atoms with E-state index in [2.05, 4.69) is 26.0 Å². The maximum absolute atomic E-state index is 5.97. The van der Waals surface area contributed by atoms with Crippen molar-refractivity contribution in [2.24, 2.45) is 0 Å². The molecule has 0 unspecified atom stereocenters. The number of anilines is 1. The molecule has 18 heavy (non-hydrogen) atoms. The lowest BCUT2D eigenvalue weighted by atomic mass is 10.1. The van der Waals surface area contributed by atoms with E-state index >= 15 is 0 Å². The van der Waals surface area contributed by atoms with Gasteiger partial charge in [-0.15, -0.1) is 0 Å². The highest BCUT2D eigenvalue weighted by Gasteiger charge is 2.16. The van der Waals surface area contributed by atoms with Crippen LogP contribution in [0.15, 0.2) is 22.9 Å². The SMILES string of the molecule is COCCn1ncc(Br)c1-c1c(C)ccnc1N. The third-order valence-corrected chi connectivity index (χ3v) is 3.31. The second kappa shape index (κ2) is 5.49. The number of nitrogen functional groups attached to an aromatic ring is 1. The van der Waals surface area contributed by atoms with E-state index < -0.39 is 0 Å². The second-order valence-corrected chi connectivity index (χ2v) is 4.80. The van der Waals surface area contributed by atoms with Crippen molar-refractivity contribution in [1.82, 2.24) is 14.8 Å². The highest BCUT2D eigenvalue weighted by molar-refractivity contribution is 9.10. The standard InChI is InChI=1S/C12H15BrN4O/c1-8-3-4-15-12(14)10(8)11-9(13)7-16-17(11)5-6-18-2/h3-4,7H,5-6H2,1-2H3,(H2,14,15). The van der Waals surface area contributed by atoms with Crippen molar-refractivity contribution in [3.63, 3.8) is 0 Å². The number of aromatic nitrogens is 3. The van der Waals surface area contributed by atoms with Gasteiger partial charge < -0.3 is 10.5 Å². The van der Waals surface area contributed by atoms with Crippen LogP contribution in [-0.4, -0.2) is 28.5 Å². The third-order valence-electron chi connectivity index (χ3n) is 2.73. The Hall–Kier alpha value is -1.40. The summed E-state index contributed by atoms with van der Waals surface area (Å²) < 4.78 is 7.86. The summed E-state index contributed by atoms with van der Waals surface area (Å²) in [5, 5.41) is 4.32. The molecule has 0 saturated heterocycles. The lowest BCUT2D eigenvalue weighted by Crippen LogP contribution is -2.09. The Balaban J connectivity index is 2.52. The maximum Gasteiger partial charge on any atom is 0.133 e. The van der Waals surface area contributed by atoms with Crippen molar-refractivity contribution < 1.29 is 4.74 Å². The van der Waals surface area contributed by atoms with Crippen LogP contribution in [0.3, 0.4) is 0 Å². The van der Waals surface area contributed by atoms with Gasteiger partial charge in [0.1, 0.15) is 5.82 Å². The molecule has 6 heteroatoms. The molecule has 2 rings (SSSR count). The molecule has 2 aromatic rings. The molecule has 0 amide bonds. The molecule has 0 aliphatic rings. The number of nitrogens with zero attached hydrogens (tertiary/aromatic N) is 3. The fourth-order valence-electron chi connectivity index (χ4n) is 1.85. The fourth-order valence-corrected chi connectivity index (χ4v) is 2.34. The van der Waals surface area contributed by atoms with Gasteiger partial charge in [-0.1, -0.05) is 0 Å². The molecule has 0 atom stereocenters. The summed E-state index contributed by atoms with van der Waals surface area (Å²) in [4.78, 5) is 4.14. The molecular weight excluding hydrogens is 296 g/mol. The number of methoxy groups -OCH3 is 1. The van der Waals surface area contributed by atoms with E-state index in [0.717, 1.165) is 21.3 Å². The maximum atomic E-state index is 5.97. The number of ether oxygens (including phenoxy) is 1. The fraction of sp³-hybridized carbons (Fsp3) is 0.333. The van der Waals surface area contributed by atoms with E-state index in [1.165, 1.54) is 0 Å². The number of hydrogen-bond donors (Lipinski definition) is 1. The zero-order valence-corrected chi connectivity index (χ0v) is 11.9. The van der Waals surface area contributed by atoms with E-state index in [1.807, 2.05) is 17.7 Å². The molecular formula is C12H15BrN4O. The third kappa shape index (κ3) is 2.39. The van der Waals surface area contributed by atoms with Crippen LogP contribution >= 0.6 is 15.9 Å². The molecule has 0 saturated carbocycles. The smallest absolute Gasteiger partial charge is 0.133 e. The number of halogens is 1. The quantitative estimate of drug-likeness (QED) is 0.940. The van der Waals surface area contributed by atoms with Crippen molar-refractivity contribution in [2.45, 2.75) is 13.5 Å². The summed E-state index contributed by atoms with van der Waals surface area (Å²) in [6, 6.07) is 1.94. The highest BCUT2D eigenvalue weighted by Crippen LogP contribution is 2.33. The van der Waals surface area contributed by atoms with Crippen LogP contribution in [0.2, 0.25) is 0 Å². The normalized spacial score (nSPS) is 10.8. The summed E-state index contributed by atoms with van der Waals surface area (Å²) in [7, 11) is 1.67. The molecule has 0 aromatic carbocycles. The Bertz CT molecular complexity index is 533. The Morgan fingerprint density at radius 1 is 1.50 bits per heavy atom. The molecule has 0 aliphatic carbocycles. The Morgan fingerprint density at radius 2 is 2.28 bits per heavy atom. The highest BCUT2D eigenvalue weighted by atomic mass is 79.9. The lowest BCUT2D eigenvalue weighted by Gasteiger charge is -2.12. The van der Waals surface area contributed by atoms with Gasteiger partial charge in [0.25, 0.3) is 0 Å². The Morgan fingerprint density at radius 3 is 2.94 bits per heavy atom. The Kier molecular flexibility index (Phi) is 3.98. The number of hydrogen-bond acceptors (Lipinski definition) is 4. The average molecular weight is 311 g/mol. The van der Waals surface area contributed by atoms with E-state index in [9.17, 15) is 0 Å². The van der Waals surface area contributed by atoms with Crippen molar-refractivity contribution in [1.29, 1.82) is 0 Å². The first-order valence-corrected chi connectivity index (χ1v) is 6.36. The predicted molar refractivity (Wildman–Crippen MR) is 74.2 cm³/mol. The largest absolute Gasteiger partial charge is 0.383 e. The van der Waals surface area contributed by atoms with E-state index in [-0.39, 0.29) is 0 Å². The van der Waals surface area contributed by atoms with Gasteiger partial charge in [-0.3, -0.25) is 4.68 Å². The van der Waals surface area contributed by atoms with Crippen molar-refractivity contribution in [2.75, 3.05) is 19.5 Å². The van der Waals surface area contributed by atoms with Crippen molar-refractivity contribution in [3.8, 4) is 11.3 Å². The summed E-state index contributed by atoms with van der Waals surface area (Å²) in [5.41, 5.74) is 8.90. The van der Waals surface area contributed by atoms with E-state index in [4.69, 9.17) is 10.5 Å². The Labute approximate surface area is 114 Å². The van der Waals surface area contributed by atoms with Crippen molar-refractivity contribution in [3.05, 3.63) is 28.5 Å². The molecule has 0 fully saturated rings. The minimum atomic E-state index is 0.509. The molecule has 2 aromatic heterocycles. The van der Waals surface area contributed by atoms with E-state index in [1.54, 1.807) is 19.5 Å². The summed E-state index contributed by atoms with van der Waals surface area (Å²) in [6.45, 7) is 3.28. The minimum Gasteiger partial charge on any atom is -0.383 e. The molecule has 2 heterocycles. The van der Waals surface area contributed by atoms with Gasteiger partial charge in [-0.05, 0) is 34.5 Å². The second-order valence-electron chi connectivity index (χ2n) is 3.95. The first-order valence-electron chi connectivity index (χ1n) is 5.57. The van der Waals surface area contributed by atoms with E-state index in [0.29, 0.717) is 19.0 Å². The molecule has 2 N–H and O–H groups in total. The summed E-state index contributed by atoms with van der Waals surface area (Å²) in [5.74, 6) is 0.509. The molecule has 96 valence electrons. The zero-order chi connectivity index (χ0) is 13.1. The molecule has 0 radical (unpaired) electrons. The first kappa shape index (κ1) is 13.0. The summed E-state index contributed by atoms with van der Waals surface area (Å²) >= 11 is 3.51. The van der Waals surface area contributed by atoms with Gasteiger partial charge in [0.05, 0.1) is 29.5 Å². The van der Waals surface area contributed by atoms with Gasteiger partial charge in [-0.25, -0.2) is 4.98 Å². The molecule has 0 bridgehead atoms. The predicted octanol–water partition coefficient (Wildman–Crippen LogP) is 2.24. The molecule has 0 spiro atoms. The number of pyridine rings is 1. The van der Waals surface area contributed by atoms with Crippen LogP contribution in [0.25, 0.3) is 11.3 Å². The lowest BCUT2D eigenvalue weighted by molar-refractivity contribution is 0.184. The number of aryl methyl sites for hydroxylation is 1. The van der Waals surface area contributed by atoms with Gasteiger partial charge in [0.15, 0.2) is 0 Å². The summed E-state index contributed by atoms with van der Waals surface area (Å²) in [6.07, 6.45) is 3.47. The molecule has 5 nitrogen and oxygen atoms in total. The van der Waals surface area contributed by atoms with Crippen LogP contribution in [0, 0.1) is 6.92 Å². The van der Waals surface area contributed by atoms with Crippen LogP contribution in [-0.2, 0) is 11.3 Å².